The van der Waals surface area contributed by atoms with Crippen molar-refractivity contribution < 1.29 is 9.90 Å². The Morgan fingerprint density at radius 3 is 2.56 bits per heavy atom. The first-order valence-electron chi connectivity index (χ1n) is 6.21. The Kier molecular flexibility index (Phi) is 3.24. The molecular weight excluding hydrogens is 230 g/mol. The molecule has 0 spiro atoms. The molecule has 0 radical (unpaired) electrons. The fourth-order valence-corrected chi connectivity index (χ4v) is 2.43. The predicted molar refractivity (Wildman–Crippen MR) is 68.7 cm³/mol. The second-order valence-electron chi connectivity index (χ2n) is 5.34. The van der Waals surface area contributed by atoms with Crippen LogP contribution in [0.25, 0.3) is 0 Å². The van der Waals surface area contributed by atoms with Crippen LogP contribution < -0.4 is 4.90 Å². The van der Waals surface area contributed by atoms with Crippen molar-refractivity contribution in [3.8, 4) is 0 Å². The molecule has 5 nitrogen and oxygen atoms in total. The summed E-state index contributed by atoms with van der Waals surface area (Å²) in [5, 5.41) is 9.30. The number of carboxylic acid groups (broad SMARTS) is 1. The SMILES string of the molecule is Cc1cc(C)nc(N2CCCC(C)(C(=O)O)C2)n1. The zero-order valence-corrected chi connectivity index (χ0v) is 11.1. The van der Waals surface area contributed by atoms with Gasteiger partial charge in [-0.2, -0.15) is 0 Å². The summed E-state index contributed by atoms with van der Waals surface area (Å²) in [5.41, 5.74) is 1.14. The lowest BCUT2D eigenvalue weighted by Crippen LogP contribution is -2.46. The van der Waals surface area contributed by atoms with Gasteiger partial charge >= 0.3 is 5.97 Å². The lowest BCUT2D eigenvalue weighted by molar-refractivity contribution is -0.148. The number of aliphatic carboxylic acids is 1. The van der Waals surface area contributed by atoms with Crippen LogP contribution in [0.2, 0.25) is 0 Å². The second-order valence-corrected chi connectivity index (χ2v) is 5.34. The molecule has 98 valence electrons. The maximum Gasteiger partial charge on any atom is 0.311 e. The Balaban J connectivity index is 2.26. The molecule has 0 aliphatic carbocycles. The maximum atomic E-state index is 11.3. The summed E-state index contributed by atoms with van der Waals surface area (Å²) in [6, 6.07) is 1.92. The normalized spacial score (nSPS) is 24.1. The van der Waals surface area contributed by atoms with Crippen molar-refractivity contribution in [2.24, 2.45) is 5.41 Å². The van der Waals surface area contributed by atoms with E-state index in [0.29, 0.717) is 18.9 Å². The molecule has 1 N–H and O–H groups in total. The molecule has 2 heterocycles. The topological polar surface area (TPSA) is 66.3 Å². The number of aromatic nitrogens is 2. The molecule has 1 fully saturated rings. The molecule has 0 saturated carbocycles. The average molecular weight is 249 g/mol. The molecule has 1 saturated heterocycles. The summed E-state index contributed by atoms with van der Waals surface area (Å²) in [7, 11) is 0. The van der Waals surface area contributed by atoms with E-state index >= 15 is 0 Å². The van der Waals surface area contributed by atoms with Gasteiger partial charge in [-0.1, -0.05) is 0 Å². The van der Waals surface area contributed by atoms with E-state index in [1.807, 2.05) is 24.8 Å². The van der Waals surface area contributed by atoms with Gasteiger partial charge in [0.2, 0.25) is 5.95 Å². The van der Waals surface area contributed by atoms with Crippen LogP contribution in [-0.4, -0.2) is 34.1 Å². The summed E-state index contributed by atoms with van der Waals surface area (Å²) in [5.74, 6) is -0.0868. The van der Waals surface area contributed by atoms with Crippen LogP contribution in [0, 0.1) is 19.3 Å². The molecule has 0 bridgehead atoms. The van der Waals surface area contributed by atoms with Crippen molar-refractivity contribution in [2.45, 2.75) is 33.6 Å². The van der Waals surface area contributed by atoms with E-state index in [0.717, 1.165) is 24.4 Å². The first-order valence-corrected chi connectivity index (χ1v) is 6.21. The summed E-state index contributed by atoms with van der Waals surface area (Å²) in [6.45, 7) is 6.96. The van der Waals surface area contributed by atoms with Gasteiger partial charge in [-0.3, -0.25) is 4.79 Å². The van der Waals surface area contributed by atoms with E-state index in [1.165, 1.54) is 0 Å². The quantitative estimate of drug-likeness (QED) is 0.865. The fraction of sp³-hybridized carbons (Fsp3) is 0.615. The zero-order chi connectivity index (χ0) is 13.3. The zero-order valence-electron chi connectivity index (χ0n) is 11.1. The summed E-state index contributed by atoms with van der Waals surface area (Å²) >= 11 is 0. The van der Waals surface area contributed by atoms with Crippen molar-refractivity contribution >= 4 is 11.9 Å². The third-order valence-corrected chi connectivity index (χ3v) is 3.47. The number of hydrogen-bond donors (Lipinski definition) is 1. The van der Waals surface area contributed by atoms with E-state index in [9.17, 15) is 9.90 Å². The molecular formula is C13H19N3O2. The van der Waals surface area contributed by atoms with E-state index < -0.39 is 11.4 Å². The Morgan fingerprint density at radius 1 is 1.39 bits per heavy atom. The predicted octanol–water partition coefficient (Wildman–Crippen LogP) is 1.78. The molecule has 1 aliphatic heterocycles. The lowest BCUT2D eigenvalue weighted by atomic mass is 9.82. The van der Waals surface area contributed by atoms with Crippen LogP contribution in [0.5, 0.6) is 0 Å². The summed E-state index contributed by atoms with van der Waals surface area (Å²) in [4.78, 5) is 22.1. The van der Waals surface area contributed by atoms with Gasteiger partial charge in [0.25, 0.3) is 0 Å². The molecule has 5 heteroatoms. The van der Waals surface area contributed by atoms with Crippen LogP contribution in [0.4, 0.5) is 5.95 Å². The monoisotopic (exact) mass is 249 g/mol. The molecule has 1 aromatic heterocycles. The smallest absolute Gasteiger partial charge is 0.311 e. The van der Waals surface area contributed by atoms with Crippen LogP contribution in [0.15, 0.2) is 6.07 Å². The molecule has 0 aromatic carbocycles. The fourth-order valence-electron chi connectivity index (χ4n) is 2.43. The third kappa shape index (κ3) is 2.44. The number of carboxylic acids is 1. The van der Waals surface area contributed by atoms with Gasteiger partial charge in [-0.05, 0) is 39.7 Å². The van der Waals surface area contributed by atoms with Gasteiger partial charge < -0.3 is 10.0 Å². The van der Waals surface area contributed by atoms with Gasteiger partial charge in [0, 0.05) is 24.5 Å². The number of piperidine rings is 1. The minimum Gasteiger partial charge on any atom is -0.481 e. The van der Waals surface area contributed by atoms with E-state index in [-0.39, 0.29) is 0 Å². The molecule has 1 unspecified atom stereocenters. The Bertz CT molecular complexity index is 455. The highest BCUT2D eigenvalue weighted by Crippen LogP contribution is 2.31. The number of carbonyl (C=O) groups is 1. The molecule has 18 heavy (non-hydrogen) atoms. The van der Waals surface area contributed by atoms with E-state index in [2.05, 4.69) is 9.97 Å². The Labute approximate surface area is 107 Å². The van der Waals surface area contributed by atoms with Gasteiger partial charge in [-0.15, -0.1) is 0 Å². The first kappa shape index (κ1) is 12.8. The molecule has 0 amide bonds. The third-order valence-electron chi connectivity index (χ3n) is 3.47. The maximum absolute atomic E-state index is 11.3. The Hall–Kier alpha value is -1.65. The van der Waals surface area contributed by atoms with Crippen LogP contribution in [0.1, 0.15) is 31.2 Å². The van der Waals surface area contributed by atoms with Gasteiger partial charge in [0.05, 0.1) is 5.41 Å². The number of hydrogen-bond acceptors (Lipinski definition) is 4. The molecule has 1 aromatic rings. The van der Waals surface area contributed by atoms with Crippen molar-refractivity contribution in [3.05, 3.63) is 17.5 Å². The highest BCUT2D eigenvalue weighted by atomic mass is 16.4. The van der Waals surface area contributed by atoms with Crippen molar-refractivity contribution in [1.82, 2.24) is 9.97 Å². The van der Waals surface area contributed by atoms with Gasteiger partial charge in [0.15, 0.2) is 0 Å². The van der Waals surface area contributed by atoms with Crippen LogP contribution >= 0.6 is 0 Å². The lowest BCUT2D eigenvalue weighted by Gasteiger charge is -2.37. The van der Waals surface area contributed by atoms with E-state index in [1.54, 1.807) is 6.92 Å². The molecule has 1 aliphatic rings. The van der Waals surface area contributed by atoms with Gasteiger partial charge in [-0.25, -0.2) is 9.97 Å². The summed E-state index contributed by atoms with van der Waals surface area (Å²) < 4.78 is 0. The first-order chi connectivity index (χ1) is 8.40. The van der Waals surface area contributed by atoms with Crippen molar-refractivity contribution in [2.75, 3.05) is 18.0 Å². The number of anilines is 1. The summed E-state index contributed by atoms with van der Waals surface area (Å²) in [6.07, 6.45) is 1.57. The number of aryl methyl sites for hydroxylation is 2. The minimum atomic E-state index is -0.739. The van der Waals surface area contributed by atoms with Crippen molar-refractivity contribution in [1.29, 1.82) is 0 Å². The second kappa shape index (κ2) is 4.55. The number of nitrogens with zero attached hydrogens (tertiary/aromatic N) is 3. The molecule has 2 rings (SSSR count). The van der Waals surface area contributed by atoms with Gasteiger partial charge in [0.1, 0.15) is 0 Å². The van der Waals surface area contributed by atoms with Crippen LogP contribution in [-0.2, 0) is 4.79 Å². The largest absolute Gasteiger partial charge is 0.481 e. The highest BCUT2D eigenvalue weighted by molar-refractivity contribution is 5.75. The van der Waals surface area contributed by atoms with E-state index in [4.69, 9.17) is 0 Å². The Morgan fingerprint density at radius 2 is 2.00 bits per heavy atom. The van der Waals surface area contributed by atoms with Crippen LogP contribution in [0.3, 0.4) is 0 Å². The minimum absolute atomic E-state index is 0.477. The standard InChI is InChI=1S/C13H19N3O2/c1-9-7-10(2)15-12(14-9)16-6-4-5-13(3,8-16)11(17)18/h7H,4-6,8H2,1-3H3,(H,17,18). The number of rotatable bonds is 2. The average Bonchev–Trinajstić information content (AvgIpc) is 2.27. The van der Waals surface area contributed by atoms with Crippen molar-refractivity contribution in [3.63, 3.8) is 0 Å². The molecule has 1 atom stereocenters. The highest BCUT2D eigenvalue weighted by Gasteiger charge is 2.38.